The molecule has 0 bridgehead atoms. The number of carbonyl (C=O) groups is 2. The second-order valence-electron chi connectivity index (χ2n) is 9.37. The molecule has 2 aliphatic rings. The second-order valence-corrected chi connectivity index (χ2v) is 9.37. The summed E-state index contributed by atoms with van der Waals surface area (Å²) < 4.78 is 0. The van der Waals surface area contributed by atoms with Gasteiger partial charge in [0.25, 0.3) is 0 Å². The van der Waals surface area contributed by atoms with Crippen LogP contribution in [0.5, 0.6) is 0 Å². The first-order valence-electron chi connectivity index (χ1n) is 9.73. The summed E-state index contributed by atoms with van der Waals surface area (Å²) >= 11 is 0. The molecule has 0 amide bonds. The van der Waals surface area contributed by atoms with E-state index in [1.807, 2.05) is 27.7 Å². The lowest BCUT2D eigenvalue weighted by Gasteiger charge is -2.31. The van der Waals surface area contributed by atoms with Gasteiger partial charge in [-0.3, -0.25) is 19.6 Å². The predicted molar refractivity (Wildman–Crippen MR) is 111 cm³/mol. The summed E-state index contributed by atoms with van der Waals surface area (Å²) in [6, 6.07) is 0. The second kappa shape index (κ2) is 8.02. The van der Waals surface area contributed by atoms with Crippen LogP contribution in [0.3, 0.4) is 0 Å². The van der Waals surface area contributed by atoms with Crippen LogP contribution in [0.1, 0.15) is 66.2 Å². The van der Waals surface area contributed by atoms with Crippen LogP contribution < -0.4 is 0 Å². The highest BCUT2D eigenvalue weighted by Gasteiger charge is 2.37. The van der Waals surface area contributed by atoms with Gasteiger partial charge in [-0.15, -0.1) is 0 Å². The van der Waals surface area contributed by atoms with Crippen LogP contribution in [-0.4, -0.2) is 47.3 Å². The summed E-state index contributed by atoms with van der Waals surface area (Å²) in [7, 11) is 3.23. The van der Waals surface area contributed by atoms with Gasteiger partial charge in [0, 0.05) is 51.2 Å². The number of allylic oxidation sites excluding steroid dienone is 4. The molecule has 154 valence electrons. The first-order valence-corrected chi connectivity index (χ1v) is 9.73. The van der Waals surface area contributed by atoms with E-state index in [0.717, 1.165) is 0 Å². The zero-order valence-corrected chi connectivity index (χ0v) is 17.8. The van der Waals surface area contributed by atoms with E-state index in [2.05, 4.69) is 9.98 Å². The number of aliphatic hydroxyl groups excluding tert-OH is 2. The first-order chi connectivity index (χ1) is 12.9. The molecule has 0 radical (unpaired) electrons. The average Bonchev–Trinajstić information content (AvgIpc) is 2.56. The minimum Gasteiger partial charge on any atom is -0.511 e. The quantitative estimate of drug-likeness (QED) is 0.556. The Morgan fingerprint density at radius 3 is 1.36 bits per heavy atom. The van der Waals surface area contributed by atoms with Crippen LogP contribution in [-0.2, 0) is 9.59 Å². The van der Waals surface area contributed by atoms with Gasteiger partial charge in [-0.1, -0.05) is 27.7 Å². The maximum absolute atomic E-state index is 12.5. The number of aliphatic hydroxyl groups is 2. The van der Waals surface area contributed by atoms with Crippen LogP contribution in [0.2, 0.25) is 0 Å². The molecule has 0 saturated heterocycles. The molecule has 0 aromatic heterocycles. The molecule has 2 fully saturated rings. The van der Waals surface area contributed by atoms with E-state index in [-0.39, 0.29) is 57.9 Å². The molecular weight excluding hydrogens is 356 g/mol. The Morgan fingerprint density at radius 1 is 0.750 bits per heavy atom. The van der Waals surface area contributed by atoms with E-state index < -0.39 is 0 Å². The van der Waals surface area contributed by atoms with Crippen molar-refractivity contribution >= 4 is 23.0 Å². The molecule has 0 aliphatic heterocycles. The molecule has 6 nitrogen and oxygen atoms in total. The van der Waals surface area contributed by atoms with E-state index in [1.54, 1.807) is 14.1 Å². The molecule has 0 spiro atoms. The highest BCUT2D eigenvalue weighted by Crippen LogP contribution is 2.37. The summed E-state index contributed by atoms with van der Waals surface area (Å²) in [5.74, 6) is -0.417. The monoisotopic (exact) mass is 388 g/mol. The first kappa shape index (κ1) is 22.1. The molecule has 0 unspecified atom stereocenters. The van der Waals surface area contributed by atoms with Crippen molar-refractivity contribution in [2.45, 2.75) is 66.2 Å². The molecule has 28 heavy (non-hydrogen) atoms. The van der Waals surface area contributed by atoms with Crippen molar-refractivity contribution in [3.8, 4) is 0 Å². The number of ketones is 2. The molecule has 0 atom stereocenters. The van der Waals surface area contributed by atoms with Crippen molar-refractivity contribution in [3.05, 3.63) is 22.7 Å². The third kappa shape index (κ3) is 4.78. The smallest absolute Gasteiger partial charge is 0.168 e. The number of carbonyl (C=O) groups excluding carboxylic acids is 2. The van der Waals surface area contributed by atoms with Gasteiger partial charge < -0.3 is 10.2 Å². The summed E-state index contributed by atoms with van der Waals surface area (Å²) in [5, 5.41) is 21.1. The topological polar surface area (TPSA) is 99.3 Å². The Morgan fingerprint density at radius 2 is 1.07 bits per heavy atom. The highest BCUT2D eigenvalue weighted by atomic mass is 16.3. The van der Waals surface area contributed by atoms with Crippen LogP contribution in [0.25, 0.3) is 0 Å². The lowest BCUT2D eigenvalue weighted by Crippen LogP contribution is -2.33. The van der Waals surface area contributed by atoms with E-state index in [1.165, 1.54) is 0 Å². The van der Waals surface area contributed by atoms with Crippen molar-refractivity contribution in [3.63, 3.8) is 0 Å². The fourth-order valence-electron chi connectivity index (χ4n) is 4.10. The number of rotatable bonds is 3. The van der Waals surface area contributed by atoms with Crippen molar-refractivity contribution in [2.24, 2.45) is 20.8 Å². The molecule has 0 heterocycles. The summed E-state index contributed by atoms with van der Waals surface area (Å²) in [5.41, 5.74) is 1.34. The minimum absolute atomic E-state index is 0.0729. The third-order valence-electron chi connectivity index (χ3n) is 5.42. The van der Waals surface area contributed by atoms with E-state index in [0.29, 0.717) is 37.1 Å². The summed E-state index contributed by atoms with van der Waals surface area (Å²) in [6.45, 7) is 8.01. The Labute approximate surface area is 167 Å². The maximum Gasteiger partial charge on any atom is 0.168 e. The fraction of sp³-hybridized carbons (Fsp3) is 0.636. The van der Waals surface area contributed by atoms with Crippen molar-refractivity contribution in [1.29, 1.82) is 0 Å². The molecular formula is C22H32N2O4. The van der Waals surface area contributed by atoms with Gasteiger partial charge in [-0.2, -0.15) is 0 Å². The third-order valence-corrected chi connectivity index (χ3v) is 5.42. The minimum atomic E-state index is -0.187. The fourth-order valence-corrected chi connectivity index (χ4v) is 4.10. The molecule has 2 aliphatic carbocycles. The SMILES string of the molecule is CN=C1CC(C)(C)CC(=O)/C1=C(/O)CC/C(O)=C1\C(=O)CC(C)(C)CC1=NC. The number of aliphatic imine (C=N–C) groups is 2. The van der Waals surface area contributed by atoms with Gasteiger partial charge in [0.2, 0.25) is 0 Å². The number of Topliss-reactive ketones (excluding diaryl/α,β-unsaturated/α-hetero) is 2. The molecule has 2 N–H and O–H groups in total. The average molecular weight is 389 g/mol. The summed E-state index contributed by atoms with van der Waals surface area (Å²) in [4.78, 5) is 33.5. The van der Waals surface area contributed by atoms with E-state index >= 15 is 0 Å². The highest BCUT2D eigenvalue weighted by molar-refractivity contribution is 6.25. The Kier molecular flexibility index (Phi) is 6.31. The van der Waals surface area contributed by atoms with Gasteiger partial charge in [0.05, 0.1) is 11.1 Å². The lowest BCUT2D eigenvalue weighted by molar-refractivity contribution is -0.118. The van der Waals surface area contributed by atoms with Crippen LogP contribution in [0.15, 0.2) is 32.6 Å². The zero-order valence-electron chi connectivity index (χ0n) is 17.8. The number of hydrogen-bond acceptors (Lipinski definition) is 6. The number of hydrogen-bond donors (Lipinski definition) is 2. The van der Waals surface area contributed by atoms with Crippen LogP contribution >= 0.6 is 0 Å². The largest absolute Gasteiger partial charge is 0.511 e. The van der Waals surface area contributed by atoms with Gasteiger partial charge in [0.15, 0.2) is 11.6 Å². The van der Waals surface area contributed by atoms with Crippen molar-refractivity contribution < 1.29 is 19.8 Å². The molecule has 6 heteroatoms. The lowest BCUT2D eigenvalue weighted by atomic mass is 9.72. The zero-order chi connectivity index (χ0) is 21.3. The molecule has 0 aromatic carbocycles. The van der Waals surface area contributed by atoms with Crippen LogP contribution in [0, 0.1) is 10.8 Å². The summed E-state index contributed by atoms with van der Waals surface area (Å²) in [6.07, 6.45) is 2.06. The van der Waals surface area contributed by atoms with Gasteiger partial charge in [-0.05, 0) is 23.7 Å². The Hall–Kier alpha value is -2.24. The van der Waals surface area contributed by atoms with E-state index in [4.69, 9.17) is 0 Å². The van der Waals surface area contributed by atoms with Crippen molar-refractivity contribution in [1.82, 2.24) is 0 Å². The number of nitrogens with zero attached hydrogens (tertiary/aromatic N) is 2. The standard InChI is InChI=1S/C22H32N2O4/c1-21(2)9-13(23-5)19(17(27)11-21)15(25)7-8-16(26)20-14(24-6)10-22(3,4)12-18(20)28/h25-26H,7-12H2,1-6H3/b19-15+,20-16+,23-13?,24-14?. The molecule has 0 aromatic rings. The normalized spacial score (nSPS) is 28.6. The van der Waals surface area contributed by atoms with Gasteiger partial charge >= 0.3 is 0 Å². The molecule has 2 saturated carbocycles. The van der Waals surface area contributed by atoms with E-state index in [9.17, 15) is 19.8 Å². The van der Waals surface area contributed by atoms with Crippen molar-refractivity contribution in [2.75, 3.05) is 14.1 Å². The van der Waals surface area contributed by atoms with Gasteiger partial charge in [0.1, 0.15) is 11.5 Å². The maximum atomic E-state index is 12.5. The van der Waals surface area contributed by atoms with Gasteiger partial charge in [-0.25, -0.2) is 0 Å². The Balaban J connectivity index is 2.27. The predicted octanol–water partition coefficient (Wildman–Crippen LogP) is 4.31. The van der Waals surface area contributed by atoms with Crippen LogP contribution in [0.4, 0.5) is 0 Å². The molecule has 2 rings (SSSR count). The Bertz CT molecular complexity index is 742.